The fraction of sp³-hybridized carbons (Fsp3) is 0.400. The second-order valence-corrected chi connectivity index (χ2v) is 1.61. The van der Waals surface area contributed by atoms with E-state index >= 15 is 0 Å². The molecule has 3 nitrogen and oxygen atoms in total. The van der Waals surface area contributed by atoms with Crippen LogP contribution in [-0.2, 0) is 0 Å². The third-order valence-corrected chi connectivity index (χ3v) is 0.638. The number of allylic oxidation sites excluding steroid dienone is 1. The summed E-state index contributed by atoms with van der Waals surface area (Å²) in [6.45, 7) is 1.98. The summed E-state index contributed by atoms with van der Waals surface area (Å²) in [5.41, 5.74) is 11.4. The van der Waals surface area contributed by atoms with Crippen LogP contribution >= 0.6 is 0 Å². The van der Waals surface area contributed by atoms with Gasteiger partial charge in [0.05, 0.1) is 0 Å². The molecule has 0 saturated heterocycles. The van der Waals surface area contributed by atoms with Crippen LogP contribution in [0.2, 0.25) is 0 Å². The lowest BCUT2D eigenvalue weighted by Crippen LogP contribution is -2.11. The van der Waals surface area contributed by atoms with Gasteiger partial charge in [-0.05, 0) is 13.0 Å². The lowest BCUT2D eigenvalue weighted by molar-refractivity contribution is 1.11. The molecule has 0 aliphatic rings. The summed E-state index contributed by atoms with van der Waals surface area (Å²) in [5, 5.41) is 6.92. The Labute approximate surface area is 48.9 Å². The summed E-state index contributed by atoms with van der Waals surface area (Å²) in [6, 6.07) is 0. The van der Waals surface area contributed by atoms with Crippen LogP contribution in [0.1, 0.15) is 6.92 Å². The Kier molecular flexibility index (Phi) is 2.88. The van der Waals surface area contributed by atoms with Crippen LogP contribution in [-0.4, -0.2) is 12.3 Å². The minimum absolute atomic E-state index is 0.330. The average Bonchev–Trinajstić information content (AvgIpc) is 1.65. The molecule has 0 saturated carbocycles. The first-order valence-electron chi connectivity index (χ1n) is 2.38. The molecule has 0 unspecified atom stereocenters. The van der Waals surface area contributed by atoms with Crippen LogP contribution in [0.3, 0.4) is 0 Å². The molecular formula is C5H11N3. The summed E-state index contributed by atoms with van der Waals surface area (Å²) < 4.78 is 0. The zero-order valence-corrected chi connectivity index (χ0v) is 4.94. The van der Waals surface area contributed by atoms with E-state index in [-0.39, 0.29) is 0 Å². The van der Waals surface area contributed by atoms with Gasteiger partial charge in [-0.15, -0.1) is 0 Å². The van der Waals surface area contributed by atoms with Crippen molar-refractivity contribution in [1.29, 1.82) is 5.41 Å². The SMILES string of the molecule is CC(=N)/C=C(\N)CN. The maximum absolute atomic E-state index is 6.92. The molecule has 0 atom stereocenters. The summed E-state index contributed by atoms with van der Waals surface area (Å²) >= 11 is 0. The van der Waals surface area contributed by atoms with Crippen LogP contribution in [0.25, 0.3) is 0 Å². The van der Waals surface area contributed by atoms with E-state index in [2.05, 4.69) is 0 Å². The normalized spacial score (nSPS) is 11.5. The first-order chi connectivity index (χ1) is 3.66. The van der Waals surface area contributed by atoms with Crippen molar-refractivity contribution in [2.75, 3.05) is 6.54 Å². The topological polar surface area (TPSA) is 75.9 Å². The number of rotatable bonds is 2. The average molecular weight is 113 g/mol. The third-order valence-electron chi connectivity index (χ3n) is 0.638. The van der Waals surface area contributed by atoms with Gasteiger partial charge in [-0.1, -0.05) is 0 Å². The summed E-state index contributed by atoms with van der Waals surface area (Å²) in [6.07, 6.45) is 1.54. The van der Waals surface area contributed by atoms with Gasteiger partial charge in [0.2, 0.25) is 0 Å². The Hall–Kier alpha value is -0.830. The Bertz CT molecular complexity index is 115. The Morgan fingerprint density at radius 1 is 1.75 bits per heavy atom. The number of hydrogen-bond acceptors (Lipinski definition) is 3. The van der Waals surface area contributed by atoms with Gasteiger partial charge in [0, 0.05) is 18.0 Å². The lowest BCUT2D eigenvalue weighted by Gasteiger charge is -1.91. The number of nitrogens with one attached hydrogen (secondary N) is 1. The lowest BCUT2D eigenvalue weighted by atomic mass is 10.3. The first kappa shape index (κ1) is 7.17. The Morgan fingerprint density at radius 3 is 2.38 bits per heavy atom. The van der Waals surface area contributed by atoms with E-state index in [1.54, 1.807) is 13.0 Å². The fourth-order valence-electron chi connectivity index (χ4n) is 0.337. The van der Waals surface area contributed by atoms with Crippen molar-refractivity contribution in [3.8, 4) is 0 Å². The molecule has 0 bridgehead atoms. The molecule has 0 fully saturated rings. The molecule has 0 aliphatic carbocycles. The van der Waals surface area contributed by atoms with Gasteiger partial charge >= 0.3 is 0 Å². The second kappa shape index (κ2) is 3.21. The van der Waals surface area contributed by atoms with E-state index in [1.165, 1.54) is 0 Å². The monoisotopic (exact) mass is 113 g/mol. The van der Waals surface area contributed by atoms with Crippen molar-refractivity contribution in [2.24, 2.45) is 11.5 Å². The zero-order chi connectivity index (χ0) is 6.57. The van der Waals surface area contributed by atoms with Crippen molar-refractivity contribution >= 4 is 5.71 Å². The van der Waals surface area contributed by atoms with E-state index in [0.717, 1.165) is 0 Å². The molecule has 0 aromatic heterocycles. The molecule has 8 heavy (non-hydrogen) atoms. The highest BCUT2D eigenvalue weighted by atomic mass is 14.7. The van der Waals surface area contributed by atoms with Crippen LogP contribution in [0.15, 0.2) is 11.8 Å². The van der Waals surface area contributed by atoms with E-state index in [4.69, 9.17) is 16.9 Å². The van der Waals surface area contributed by atoms with Gasteiger partial charge in [0.25, 0.3) is 0 Å². The van der Waals surface area contributed by atoms with Gasteiger partial charge in [-0.3, -0.25) is 0 Å². The van der Waals surface area contributed by atoms with Crippen molar-refractivity contribution in [3.05, 3.63) is 11.8 Å². The van der Waals surface area contributed by atoms with E-state index < -0.39 is 0 Å². The standard InChI is InChI=1S/C5H11N3/c1-4(7)2-5(8)3-6/h2,7H,3,6,8H2,1H3/b5-2-,7-4?. The van der Waals surface area contributed by atoms with E-state index in [1.807, 2.05) is 0 Å². The smallest absolute Gasteiger partial charge is 0.0327 e. The Morgan fingerprint density at radius 2 is 2.25 bits per heavy atom. The highest BCUT2D eigenvalue weighted by Crippen LogP contribution is 1.79. The molecule has 0 aromatic carbocycles. The molecule has 5 N–H and O–H groups in total. The maximum Gasteiger partial charge on any atom is 0.0327 e. The second-order valence-electron chi connectivity index (χ2n) is 1.61. The van der Waals surface area contributed by atoms with Crippen LogP contribution in [0.5, 0.6) is 0 Å². The number of nitrogens with two attached hydrogens (primary N) is 2. The zero-order valence-electron chi connectivity index (χ0n) is 4.94. The summed E-state index contributed by atoms with van der Waals surface area (Å²) in [4.78, 5) is 0. The molecule has 0 amide bonds. The van der Waals surface area contributed by atoms with E-state index in [9.17, 15) is 0 Å². The molecule has 3 heteroatoms. The molecule has 0 rings (SSSR count). The van der Waals surface area contributed by atoms with Crippen molar-refractivity contribution in [1.82, 2.24) is 0 Å². The number of hydrogen-bond donors (Lipinski definition) is 3. The van der Waals surface area contributed by atoms with Crippen molar-refractivity contribution in [2.45, 2.75) is 6.92 Å². The molecule has 0 radical (unpaired) electrons. The Balaban J connectivity index is 3.75. The maximum atomic E-state index is 6.92. The predicted molar refractivity (Wildman–Crippen MR) is 34.7 cm³/mol. The molecule has 46 valence electrons. The predicted octanol–water partition coefficient (Wildman–Crippen LogP) is -0.173. The minimum Gasteiger partial charge on any atom is -0.401 e. The molecular weight excluding hydrogens is 102 g/mol. The van der Waals surface area contributed by atoms with Crippen molar-refractivity contribution in [3.63, 3.8) is 0 Å². The van der Waals surface area contributed by atoms with Crippen LogP contribution in [0, 0.1) is 5.41 Å². The molecule has 0 aliphatic heterocycles. The van der Waals surface area contributed by atoms with E-state index in [0.29, 0.717) is 18.0 Å². The highest BCUT2D eigenvalue weighted by molar-refractivity contribution is 5.90. The van der Waals surface area contributed by atoms with Crippen LogP contribution in [0.4, 0.5) is 0 Å². The van der Waals surface area contributed by atoms with Gasteiger partial charge in [0.15, 0.2) is 0 Å². The van der Waals surface area contributed by atoms with Gasteiger partial charge in [0.1, 0.15) is 0 Å². The summed E-state index contributed by atoms with van der Waals surface area (Å²) in [7, 11) is 0. The molecule has 0 spiro atoms. The fourth-order valence-corrected chi connectivity index (χ4v) is 0.337. The summed E-state index contributed by atoms with van der Waals surface area (Å²) in [5.74, 6) is 0. The third kappa shape index (κ3) is 3.36. The first-order valence-corrected chi connectivity index (χ1v) is 2.38. The molecule has 0 heterocycles. The van der Waals surface area contributed by atoms with Crippen LogP contribution < -0.4 is 11.5 Å². The minimum atomic E-state index is 0.330. The highest BCUT2D eigenvalue weighted by Gasteiger charge is 1.82. The van der Waals surface area contributed by atoms with Gasteiger partial charge < -0.3 is 16.9 Å². The largest absolute Gasteiger partial charge is 0.401 e. The molecule has 0 aromatic rings. The van der Waals surface area contributed by atoms with Gasteiger partial charge in [-0.25, -0.2) is 0 Å². The van der Waals surface area contributed by atoms with Gasteiger partial charge in [-0.2, -0.15) is 0 Å². The van der Waals surface area contributed by atoms with Crippen molar-refractivity contribution < 1.29 is 0 Å². The quantitative estimate of drug-likeness (QED) is 0.435.